The number of carbonyl (C=O) groups is 1. The molecule has 5 rings (SSSR count). The van der Waals surface area contributed by atoms with Crippen LogP contribution >= 0.6 is 11.3 Å². The second-order valence-electron chi connectivity index (χ2n) is 10.2. The largest absolute Gasteiger partial charge is 0.496 e. The van der Waals surface area contributed by atoms with Crippen LogP contribution in [0.1, 0.15) is 45.1 Å². The quantitative estimate of drug-likeness (QED) is 0.137. The second kappa shape index (κ2) is 12.8. The van der Waals surface area contributed by atoms with E-state index in [1.165, 1.54) is 37.0 Å². The van der Waals surface area contributed by atoms with Crippen LogP contribution in [0.15, 0.2) is 74.0 Å². The van der Waals surface area contributed by atoms with Crippen LogP contribution in [0.4, 0.5) is 5.69 Å². The Bertz CT molecular complexity index is 2000. The number of methoxy groups -OCH3 is 2. The van der Waals surface area contributed by atoms with Crippen LogP contribution in [0.2, 0.25) is 0 Å². The van der Waals surface area contributed by atoms with Gasteiger partial charge in [0.05, 0.1) is 59.3 Å². The van der Waals surface area contributed by atoms with Gasteiger partial charge in [-0.2, -0.15) is 0 Å². The first-order valence-corrected chi connectivity index (χ1v) is 14.8. The number of esters is 1. The van der Waals surface area contributed by atoms with Crippen molar-refractivity contribution < 1.29 is 33.1 Å². The van der Waals surface area contributed by atoms with Gasteiger partial charge < -0.3 is 23.4 Å². The molecule has 1 atom stereocenters. The third kappa shape index (κ3) is 6.11. The van der Waals surface area contributed by atoms with Crippen LogP contribution in [0, 0.1) is 10.1 Å². The van der Waals surface area contributed by atoms with E-state index in [-0.39, 0.29) is 24.0 Å². The van der Waals surface area contributed by atoms with Gasteiger partial charge in [-0.3, -0.25) is 19.5 Å². The standard InChI is InChI=1S/C32H31N3O9S/c1-7-42-31(37)28-18(4)33-32-34(29(28)19-8-11-25(43-17(2)3)26(14-19)41-6)30(36)27(45-32)16-21-10-13-24(44-21)22-15-20(35(38)39)9-12-23(22)40-5/h8-17,29H,7H2,1-6H3/b27-16+/t29-/m1/s1. The lowest BCUT2D eigenvalue weighted by Crippen LogP contribution is -2.40. The Morgan fingerprint density at radius 1 is 1.11 bits per heavy atom. The van der Waals surface area contributed by atoms with Gasteiger partial charge in [-0.25, -0.2) is 9.79 Å². The summed E-state index contributed by atoms with van der Waals surface area (Å²) < 4.78 is 30.0. The van der Waals surface area contributed by atoms with Crippen molar-refractivity contribution in [2.75, 3.05) is 20.8 Å². The third-order valence-electron chi connectivity index (χ3n) is 6.94. The number of aromatic nitrogens is 1. The van der Waals surface area contributed by atoms with E-state index in [1.54, 1.807) is 50.3 Å². The fraction of sp³-hybridized carbons (Fsp3) is 0.281. The maximum atomic E-state index is 14.0. The molecule has 1 aliphatic heterocycles. The molecule has 1 aliphatic rings. The van der Waals surface area contributed by atoms with E-state index in [9.17, 15) is 19.7 Å². The lowest BCUT2D eigenvalue weighted by molar-refractivity contribution is -0.384. The Hall–Kier alpha value is -5.17. The number of fused-ring (bicyclic) bond motifs is 1. The number of rotatable bonds is 10. The van der Waals surface area contributed by atoms with Crippen molar-refractivity contribution >= 4 is 29.1 Å². The Morgan fingerprint density at radius 2 is 1.84 bits per heavy atom. The summed E-state index contributed by atoms with van der Waals surface area (Å²) in [4.78, 5) is 43.1. The molecule has 0 fully saturated rings. The second-order valence-corrected chi connectivity index (χ2v) is 11.2. The zero-order chi connectivity index (χ0) is 32.4. The smallest absolute Gasteiger partial charge is 0.338 e. The normalized spacial score (nSPS) is 14.6. The average molecular weight is 634 g/mol. The minimum atomic E-state index is -0.856. The van der Waals surface area contributed by atoms with Gasteiger partial charge in [0.15, 0.2) is 16.3 Å². The number of nitro groups is 1. The first-order valence-electron chi connectivity index (χ1n) is 14.0. The number of furan rings is 1. The van der Waals surface area contributed by atoms with E-state index in [2.05, 4.69) is 4.99 Å². The third-order valence-corrected chi connectivity index (χ3v) is 7.93. The molecule has 0 aliphatic carbocycles. The molecule has 0 saturated carbocycles. The fourth-order valence-electron chi connectivity index (χ4n) is 5.02. The summed E-state index contributed by atoms with van der Waals surface area (Å²) in [6, 6.07) is 11.9. The van der Waals surface area contributed by atoms with Crippen LogP contribution in [-0.4, -0.2) is 42.4 Å². The summed E-state index contributed by atoms with van der Waals surface area (Å²) in [7, 11) is 2.98. The number of non-ortho nitro benzene ring substituents is 1. The van der Waals surface area contributed by atoms with Crippen molar-refractivity contribution in [3.05, 3.63) is 101 Å². The highest BCUT2D eigenvalue weighted by atomic mass is 32.1. The summed E-state index contributed by atoms with van der Waals surface area (Å²) in [5.74, 6) is 1.43. The summed E-state index contributed by atoms with van der Waals surface area (Å²) in [6.45, 7) is 7.36. The Balaban J connectivity index is 1.64. The Kier molecular flexibility index (Phi) is 8.91. The van der Waals surface area contributed by atoms with Crippen LogP contribution in [0.3, 0.4) is 0 Å². The number of ether oxygens (including phenoxy) is 4. The highest BCUT2D eigenvalue weighted by Crippen LogP contribution is 2.37. The molecule has 0 amide bonds. The molecule has 0 radical (unpaired) electrons. The van der Waals surface area contributed by atoms with Gasteiger partial charge in [-0.15, -0.1) is 0 Å². The van der Waals surface area contributed by atoms with Gasteiger partial charge in [-0.1, -0.05) is 17.4 Å². The number of hydrogen-bond donors (Lipinski definition) is 0. The van der Waals surface area contributed by atoms with Gasteiger partial charge in [0.1, 0.15) is 17.3 Å². The summed E-state index contributed by atoms with van der Waals surface area (Å²) in [5.41, 5.74) is 1.13. The summed E-state index contributed by atoms with van der Waals surface area (Å²) >= 11 is 1.14. The first-order chi connectivity index (χ1) is 21.6. The predicted molar refractivity (Wildman–Crippen MR) is 167 cm³/mol. The van der Waals surface area contributed by atoms with E-state index in [4.69, 9.17) is 23.4 Å². The van der Waals surface area contributed by atoms with E-state index >= 15 is 0 Å². The van der Waals surface area contributed by atoms with Crippen LogP contribution in [0.5, 0.6) is 17.2 Å². The van der Waals surface area contributed by atoms with E-state index in [0.29, 0.717) is 54.9 Å². The lowest BCUT2D eigenvalue weighted by atomic mass is 9.95. The van der Waals surface area contributed by atoms with Crippen molar-refractivity contribution in [2.45, 2.75) is 39.8 Å². The minimum Gasteiger partial charge on any atom is -0.496 e. The van der Waals surface area contributed by atoms with Crippen molar-refractivity contribution in [1.82, 2.24) is 4.57 Å². The van der Waals surface area contributed by atoms with Crippen molar-refractivity contribution in [2.24, 2.45) is 4.99 Å². The molecule has 45 heavy (non-hydrogen) atoms. The van der Waals surface area contributed by atoms with Crippen molar-refractivity contribution in [1.29, 1.82) is 0 Å². The zero-order valence-electron chi connectivity index (χ0n) is 25.5. The van der Waals surface area contributed by atoms with Crippen LogP contribution in [0.25, 0.3) is 17.4 Å². The number of benzene rings is 2. The number of nitrogens with zero attached hydrogens (tertiary/aromatic N) is 3. The maximum Gasteiger partial charge on any atom is 0.338 e. The number of nitro benzene ring substituents is 1. The van der Waals surface area contributed by atoms with Gasteiger partial charge in [-0.05, 0) is 63.6 Å². The van der Waals surface area contributed by atoms with E-state index < -0.39 is 22.5 Å². The molecule has 4 aromatic rings. The molecule has 2 aromatic heterocycles. The van der Waals surface area contributed by atoms with Crippen LogP contribution < -0.4 is 29.1 Å². The lowest BCUT2D eigenvalue weighted by Gasteiger charge is -2.25. The molecule has 0 spiro atoms. The van der Waals surface area contributed by atoms with Gasteiger partial charge in [0.2, 0.25) is 0 Å². The van der Waals surface area contributed by atoms with Crippen molar-refractivity contribution in [3.63, 3.8) is 0 Å². The molecule has 0 N–H and O–H groups in total. The molecule has 0 saturated heterocycles. The highest BCUT2D eigenvalue weighted by Gasteiger charge is 2.34. The van der Waals surface area contributed by atoms with E-state index in [1.807, 2.05) is 13.8 Å². The zero-order valence-corrected chi connectivity index (χ0v) is 26.3. The molecule has 13 heteroatoms. The topological polar surface area (TPSA) is 145 Å². The fourth-order valence-corrected chi connectivity index (χ4v) is 6.05. The first kappa shape index (κ1) is 31.3. The molecular formula is C32H31N3O9S. The predicted octanol–water partition coefficient (Wildman–Crippen LogP) is 4.77. The molecule has 3 heterocycles. The van der Waals surface area contributed by atoms with Crippen LogP contribution in [-0.2, 0) is 9.53 Å². The van der Waals surface area contributed by atoms with E-state index in [0.717, 1.165) is 11.3 Å². The number of thiazole rings is 1. The number of carbonyl (C=O) groups excluding carboxylic acids is 1. The Labute approximate surface area is 261 Å². The number of hydrogen-bond acceptors (Lipinski definition) is 11. The molecular weight excluding hydrogens is 602 g/mol. The summed E-state index contributed by atoms with van der Waals surface area (Å²) in [5, 5.41) is 11.4. The minimum absolute atomic E-state index is 0.0973. The summed E-state index contributed by atoms with van der Waals surface area (Å²) in [6.07, 6.45) is 1.47. The average Bonchev–Trinajstić information content (AvgIpc) is 3.60. The van der Waals surface area contributed by atoms with Crippen molar-refractivity contribution in [3.8, 4) is 28.6 Å². The molecule has 2 aromatic carbocycles. The number of allylic oxidation sites excluding steroid dienone is 1. The van der Waals surface area contributed by atoms with Gasteiger partial charge in [0.25, 0.3) is 11.2 Å². The molecule has 234 valence electrons. The van der Waals surface area contributed by atoms with Gasteiger partial charge >= 0.3 is 5.97 Å². The Morgan fingerprint density at radius 3 is 2.51 bits per heavy atom. The maximum absolute atomic E-state index is 14.0. The van der Waals surface area contributed by atoms with Gasteiger partial charge in [0, 0.05) is 18.2 Å². The molecule has 12 nitrogen and oxygen atoms in total. The monoisotopic (exact) mass is 633 g/mol. The molecule has 0 bridgehead atoms. The SMILES string of the molecule is CCOC(=O)C1=C(C)N=c2s/c(=C/c3ccc(-c4cc([N+](=O)[O-])ccc4OC)o3)c(=O)n2[C@@H]1c1ccc(OC(C)C)c(OC)c1. The highest BCUT2D eigenvalue weighted by molar-refractivity contribution is 7.07. The molecule has 0 unspecified atom stereocenters.